The van der Waals surface area contributed by atoms with E-state index in [2.05, 4.69) is 0 Å². The van der Waals surface area contributed by atoms with Crippen molar-refractivity contribution in [3.63, 3.8) is 0 Å². The Labute approximate surface area is 62.2 Å². The highest BCUT2D eigenvalue weighted by atomic mass is 16.5. The maximum atomic E-state index is 10.1. The highest BCUT2D eigenvalue weighted by Gasteiger charge is 2.13. The van der Waals surface area contributed by atoms with Crippen LogP contribution in [0.1, 0.15) is 32.1 Å². The first-order chi connectivity index (χ1) is 4.93. The summed E-state index contributed by atoms with van der Waals surface area (Å²) in [5.74, 6) is 0. The molecule has 0 bridgehead atoms. The van der Waals surface area contributed by atoms with E-state index in [1.165, 1.54) is 12.8 Å². The van der Waals surface area contributed by atoms with Gasteiger partial charge in [0.2, 0.25) is 0 Å². The largest absolute Gasteiger partial charge is 0.378 e. The van der Waals surface area contributed by atoms with Gasteiger partial charge in [-0.3, -0.25) is 0 Å². The standard InChI is InChI=1S/C8H15O2/c9-6-2-1-4-8-5-3-7-10-8/h8H,1-7H2. The lowest BCUT2D eigenvalue weighted by Crippen LogP contribution is -2.04. The first-order valence-electron chi connectivity index (χ1n) is 4.13. The van der Waals surface area contributed by atoms with Crippen molar-refractivity contribution >= 4 is 0 Å². The third kappa shape index (κ3) is 2.67. The fourth-order valence-corrected chi connectivity index (χ4v) is 1.35. The van der Waals surface area contributed by atoms with Crippen LogP contribution in [0.3, 0.4) is 0 Å². The molecule has 2 nitrogen and oxygen atoms in total. The van der Waals surface area contributed by atoms with E-state index in [-0.39, 0.29) is 6.61 Å². The molecule has 0 aromatic carbocycles. The quantitative estimate of drug-likeness (QED) is 0.551. The van der Waals surface area contributed by atoms with E-state index in [4.69, 9.17) is 4.74 Å². The Kier molecular flexibility index (Phi) is 3.76. The molecule has 1 aliphatic rings. The topological polar surface area (TPSA) is 29.1 Å². The lowest BCUT2D eigenvalue weighted by Gasteiger charge is -2.06. The van der Waals surface area contributed by atoms with Gasteiger partial charge in [-0.15, -0.1) is 0 Å². The van der Waals surface area contributed by atoms with Crippen LogP contribution in [0.25, 0.3) is 0 Å². The smallest absolute Gasteiger partial charge is 0.0822 e. The van der Waals surface area contributed by atoms with E-state index < -0.39 is 0 Å². The molecule has 0 saturated carbocycles. The number of ether oxygens (including phenoxy) is 1. The zero-order valence-electron chi connectivity index (χ0n) is 6.34. The van der Waals surface area contributed by atoms with Gasteiger partial charge in [0.25, 0.3) is 0 Å². The minimum atomic E-state index is 0.0761. The Morgan fingerprint density at radius 2 is 2.30 bits per heavy atom. The number of hydrogen-bond donors (Lipinski definition) is 0. The summed E-state index contributed by atoms with van der Waals surface area (Å²) in [5.41, 5.74) is 0. The van der Waals surface area contributed by atoms with Gasteiger partial charge >= 0.3 is 0 Å². The van der Waals surface area contributed by atoms with Crippen LogP contribution in [0.15, 0.2) is 0 Å². The van der Waals surface area contributed by atoms with Crippen molar-refractivity contribution in [3.8, 4) is 0 Å². The van der Waals surface area contributed by atoms with Crippen LogP contribution in [0.2, 0.25) is 0 Å². The highest BCUT2D eigenvalue weighted by molar-refractivity contribution is 4.64. The number of unbranched alkanes of at least 4 members (excludes halogenated alkanes) is 1. The van der Waals surface area contributed by atoms with Crippen molar-refractivity contribution in [3.05, 3.63) is 0 Å². The molecule has 2 heteroatoms. The molecule has 1 rings (SSSR count). The first-order valence-corrected chi connectivity index (χ1v) is 4.13. The minimum absolute atomic E-state index is 0.0761. The second-order valence-electron chi connectivity index (χ2n) is 2.83. The lowest BCUT2D eigenvalue weighted by atomic mass is 10.1. The minimum Gasteiger partial charge on any atom is -0.378 e. The summed E-state index contributed by atoms with van der Waals surface area (Å²) in [6, 6.07) is 0. The molecule has 1 radical (unpaired) electrons. The van der Waals surface area contributed by atoms with Crippen molar-refractivity contribution < 1.29 is 9.84 Å². The maximum Gasteiger partial charge on any atom is 0.0822 e. The third-order valence-corrected chi connectivity index (χ3v) is 1.94. The predicted octanol–water partition coefficient (Wildman–Crippen LogP) is 1.77. The molecule has 1 aliphatic heterocycles. The van der Waals surface area contributed by atoms with Gasteiger partial charge in [0.15, 0.2) is 0 Å². The first kappa shape index (κ1) is 8.02. The normalized spacial score (nSPS) is 25.5. The molecular weight excluding hydrogens is 128 g/mol. The van der Waals surface area contributed by atoms with Gasteiger partial charge in [-0.2, -0.15) is 0 Å². The highest BCUT2D eigenvalue weighted by Crippen LogP contribution is 2.17. The van der Waals surface area contributed by atoms with Crippen LogP contribution in [0, 0.1) is 0 Å². The average Bonchev–Trinajstić information content (AvgIpc) is 2.41. The summed E-state index contributed by atoms with van der Waals surface area (Å²) in [6.45, 7) is 1.01. The molecule has 0 amide bonds. The Morgan fingerprint density at radius 1 is 1.40 bits per heavy atom. The van der Waals surface area contributed by atoms with Crippen LogP contribution in [0.5, 0.6) is 0 Å². The zero-order valence-corrected chi connectivity index (χ0v) is 6.34. The predicted molar refractivity (Wildman–Crippen MR) is 38.4 cm³/mol. The van der Waals surface area contributed by atoms with E-state index in [0.29, 0.717) is 6.10 Å². The summed E-state index contributed by atoms with van der Waals surface area (Å²) in [6.07, 6.45) is 5.86. The SMILES string of the molecule is [O]CCCCC1CCCO1. The fraction of sp³-hybridized carbons (Fsp3) is 1.00. The van der Waals surface area contributed by atoms with Gasteiger partial charge in [-0.1, -0.05) is 0 Å². The summed E-state index contributed by atoms with van der Waals surface area (Å²) >= 11 is 0. The van der Waals surface area contributed by atoms with E-state index in [9.17, 15) is 5.11 Å². The van der Waals surface area contributed by atoms with Crippen LogP contribution < -0.4 is 0 Å². The van der Waals surface area contributed by atoms with Gasteiger partial charge in [-0.05, 0) is 32.1 Å². The number of rotatable bonds is 4. The Balaban J connectivity index is 1.91. The molecule has 1 heterocycles. The van der Waals surface area contributed by atoms with Gasteiger partial charge < -0.3 is 4.74 Å². The van der Waals surface area contributed by atoms with E-state index in [1.54, 1.807) is 0 Å². The Morgan fingerprint density at radius 3 is 2.90 bits per heavy atom. The van der Waals surface area contributed by atoms with Crippen molar-refractivity contribution in [2.45, 2.75) is 38.2 Å². The van der Waals surface area contributed by atoms with Crippen molar-refractivity contribution in [1.82, 2.24) is 0 Å². The second-order valence-corrected chi connectivity index (χ2v) is 2.83. The van der Waals surface area contributed by atoms with E-state index in [1.807, 2.05) is 0 Å². The molecule has 0 aromatic heterocycles. The molecule has 1 unspecified atom stereocenters. The summed E-state index contributed by atoms with van der Waals surface area (Å²) in [4.78, 5) is 0. The molecule has 0 N–H and O–H groups in total. The third-order valence-electron chi connectivity index (χ3n) is 1.94. The molecule has 1 saturated heterocycles. The number of hydrogen-bond acceptors (Lipinski definition) is 1. The molecule has 10 heavy (non-hydrogen) atoms. The van der Waals surface area contributed by atoms with Gasteiger partial charge in [0.05, 0.1) is 12.7 Å². The monoisotopic (exact) mass is 143 g/mol. The summed E-state index contributed by atoms with van der Waals surface area (Å²) in [7, 11) is 0. The lowest BCUT2D eigenvalue weighted by molar-refractivity contribution is 0.0981. The van der Waals surface area contributed by atoms with E-state index in [0.717, 1.165) is 25.9 Å². The van der Waals surface area contributed by atoms with Crippen molar-refractivity contribution in [1.29, 1.82) is 0 Å². The van der Waals surface area contributed by atoms with Gasteiger partial charge in [0.1, 0.15) is 0 Å². The fourth-order valence-electron chi connectivity index (χ4n) is 1.35. The van der Waals surface area contributed by atoms with Crippen molar-refractivity contribution in [2.75, 3.05) is 13.2 Å². The molecule has 1 fully saturated rings. The van der Waals surface area contributed by atoms with Crippen molar-refractivity contribution in [2.24, 2.45) is 0 Å². The van der Waals surface area contributed by atoms with Gasteiger partial charge in [0, 0.05) is 6.61 Å². The summed E-state index contributed by atoms with van der Waals surface area (Å²) < 4.78 is 5.40. The molecule has 0 spiro atoms. The Hall–Kier alpha value is -0.0800. The maximum absolute atomic E-state index is 10.1. The second kappa shape index (κ2) is 4.69. The molecule has 0 aliphatic carbocycles. The molecular formula is C8H15O2. The molecule has 1 atom stereocenters. The van der Waals surface area contributed by atoms with Gasteiger partial charge in [-0.25, -0.2) is 5.11 Å². The zero-order chi connectivity index (χ0) is 7.23. The molecule has 59 valence electrons. The van der Waals surface area contributed by atoms with E-state index >= 15 is 0 Å². The average molecular weight is 143 g/mol. The Bertz CT molecular complexity index is 77.3. The summed E-state index contributed by atoms with van der Waals surface area (Å²) in [5, 5.41) is 10.1. The van der Waals surface area contributed by atoms with Crippen LogP contribution in [-0.4, -0.2) is 19.3 Å². The molecule has 0 aromatic rings. The van der Waals surface area contributed by atoms with Crippen LogP contribution in [-0.2, 0) is 9.84 Å². The van der Waals surface area contributed by atoms with Crippen LogP contribution >= 0.6 is 0 Å². The van der Waals surface area contributed by atoms with Crippen LogP contribution in [0.4, 0.5) is 0 Å².